The Morgan fingerprint density at radius 1 is 0.596 bits per heavy atom. The van der Waals surface area contributed by atoms with Crippen LogP contribution in [0.5, 0.6) is 5.75 Å². The summed E-state index contributed by atoms with van der Waals surface area (Å²) in [6.07, 6.45) is -0.838. The zero-order valence-corrected chi connectivity index (χ0v) is 28.7. The number of hydrogen-bond donors (Lipinski definition) is 0. The Morgan fingerprint density at radius 3 is 1.56 bits per heavy atom. The normalized spacial score (nSPS) is 13.1. The van der Waals surface area contributed by atoms with Crippen LogP contribution in [-0.4, -0.2) is 55.2 Å². The lowest BCUT2D eigenvalue weighted by Crippen LogP contribution is -2.63. The van der Waals surface area contributed by atoms with Gasteiger partial charge in [0.25, 0.3) is 0 Å². The number of alkyl halides is 9. The second kappa shape index (κ2) is 18.5. The summed E-state index contributed by atoms with van der Waals surface area (Å²) in [6.45, 7) is 3.43. The van der Waals surface area contributed by atoms with E-state index in [1.165, 1.54) is 6.42 Å². The van der Waals surface area contributed by atoms with Gasteiger partial charge < -0.3 is 14.2 Å². The number of unbranched alkanes of at least 4 members (excludes halogenated alkanes) is 6. The highest BCUT2D eigenvalue weighted by molar-refractivity contribution is 5.90. The lowest BCUT2D eigenvalue weighted by atomic mass is 9.99. The standard InChI is InChI=1S/C38H41F9O5/c1-3-4-5-8-11-26(2)52-33(48)31-18-16-29(17-19-31)27-12-14-28(15-13-27)30-20-22-32(23-21-30)50-24-9-6-7-10-25-51-34(49)35(39,40)36(41,42)37(43,44)38(45,46)47/h12-23,26H,3-11,24-25H2,1-2H3. The third-order valence-electron chi connectivity index (χ3n) is 8.24. The molecule has 14 heteroatoms. The molecule has 1 atom stereocenters. The molecule has 0 fully saturated rings. The molecular weight excluding hydrogens is 707 g/mol. The molecule has 0 saturated carbocycles. The Labute approximate surface area is 296 Å². The minimum atomic E-state index is -7.16. The maximum Gasteiger partial charge on any atom is 0.460 e. The fourth-order valence-electron chi connectivity index (χ4n) is 5.07. The van der Waals surface area contributed by atoms with E-state index in [4.69, 9.17) is 9.47 Å². The van der Waals surface area contributed by atoms with Crippen molar-refractivity contribution in [2.75, 3.05) is 13.2 Å². The second-order valence-electron chi connectivity index (χ2n) is 12.4. The lowest BCUT2D eigenvalue weighted by Gasteiger charge is -2.32. The van der Waals surface area contributed by atoms with Gasteiger partial charge in [-0.25, -0.2) is 9.59 Å². The number of hydrogen-bond acceptors (Lipinski definition) is 5. The molecule has 0 aliphatic rings. The topological polar surface area (TPSA) is 61.8 Å². The molecule has 3 aromatic rings. The Kier molecular flexibility index (Phi) is 15.0. The van der Waals surface area contributed by atoms with E-state index in [0.717, 1.165) is 47.9 Å². The van der Waals surface area contributed by atoms with Gasteiger partial charge >= 0.3 is 35.9 Å². The van der Waals surface area contributed by atoms with Crippen molar-refractivity contribution in [2.45, 2.75) is 102 Å². The largest absolute Gasteiger partial charge is 0.494 e. The SMILES string of the molecule is CCCCCCC(C)OC(=O)c1ccc(-c2ccc(-c3ccc(OCCCCCCOC(=O)C(F)(F)C(F)(F)C(F)(F)C(F)(F)F)cc3)cc2)cc1. The van der Waals surface area contributed by atoms with Crippen LogP contribution in [0.25, 0.3) is 22.3 Å². The highest BCUT2D eigenvalue weighted by Gasteiger charge is 2.84. The lowest BCUT2D eigenvalue weighted by molar-refractivity contribution is -0.390. The third kappa shape index (κ3) is 10.9. The Hall–Kier alpha value is -4.23. The minimum Gasteiger partial charge on any atom is -0.494 e. The summed E-state index contributed by atoms with van der Waals surface area (Å²) in [5, 5.41) is 0. The number of carbonyl (C=O) groups excluding carboxylic acids is 2. The first kappa shape index (κ1) is 42.2. The van der Waals surface area contributed by atoms with Crippen LogP contribution in [0.3, 0.4) is 0 Å². The second-order valence-corrected chi connectivity index (χ2v) is 12.4. The first-order valence-electron chi connectivity index (χ1n) is 16.9. The number of rotatable bonds is 20. The van der Waals surface area contributed by atoms with Crippen molar-refractivity contribution in [2.24, 2.45) is 0 Å². The van der Waals surface area contributed by atoms with Gasteiger partial charge in [0.05, 0.1) is 24.9 Å². The Morgan fingerprint density at radius 2 is 1.06 bits per heavy atom. The van der Waals surface area contributed by atoms with E-state index in [0.29, 0.717) is 24.2 Å². The van der Waals surface area contributed by atoms with Crippen molar-refractivity contribution >= 4 is 11.9 Å². The van der Waals surface area contributed by atoms with Gasteiger partial charge in [0.2, 0.25) is 0 Å². The number of benzene rings is 3. The molecule has 0 spiro atoms. The molecule has 0 amide bonds. The van der Waals surface area contributed by atoms with Crippen LogP contribution in [0.15, 0.2) is 72.8 Å². The van der Waals surface area contributed by atoms with Crippen molar-refractivity contribution < 1.29 is 63.3 Å². The van der Waals surface area contributed by atoms with E-state index in [2.05, 4.69) is 11.7 Å². The van der Waals surface area contributed by atoms with E-state index in [1.54, 1.807) is 24.3 Å². The van der Waals surface area contributed by atoms with Crippen LogP contribution < -0.4 is 4.74 Å². The summed E-state index contributed by atoms with van der Waals surface area (Å²) >= 11 is 0. The molecule has 0 aliphatic carbocycles. The van der Waals surface area contributed by atoms with Crippen molar-refractivity contribution in [3.63, 3.8) is 0 Å². The van der Waals surface area contributed by atoms with Gasteiger partial charge in [0.1, 0.15) is 5.75 Å². The monoisotopic (exact) mass is 748 g/mol. The molecule has 5 nitrogen and oxygen atoms in total. The molecule has 0 radical (unpaired) electrons. The summed E-state index contributed by atoms with van der Waals surface area (Å²) in [5.74, 6) is -23.6. The van der Waals surface area contributed by atoms with Crippen LogP contribution in [0.4, 0.5) is 39.5 Å². The Bertz CT molecular complexity index is 1560. The predicted molar refractivity (Wildman–Crippen MR) is 177 cm³/mol. The summed E-state index contributed by atoms with van der Waals surface area (Å²) in [5.41, 5.74) is 4.30. The maximum absolute atomic E-state index is 13.5. The number of halogens is 9. The van der Waals surface area contributed by atoms with E-state index >= 15 is 0 Å². The molecule has 3 rings (SSSR count). The third-order valence-corrected chi connectivity index (χ3v) is 8.24. The van der Waals surface area contributed by atoms with E-state index in [9.17, 15) is 49.1 Å². The summed E-state index contributed by atoms with van der Waals surface area (Å²) in [4.78, 5) is 23.8. The van der Waals surface area contributed by atoms with Gasteiger partial charge in [-0.05, 0) is 92.0 Å². The molecule has 1 unspecified atom stereocenters. The highest BCUT2D eigenvalue weighted by Crippen LogP contribution is 2.53. The average molecular weight is 749 g/mol. The van der Waals surface area contributed by atoms with E-state index in [-0.39, 0.29) is 31.5 Å². The minimum absolute atomic E-state index is 0.130. The van der Waals surface area contributed by atoms with Crippen LogP contribution >= 0.6 is 0 Å². The average Bonchev–Trinajstić information content (AvgIpc) is 3.11. The van der Waals surface area contributed by atoms with Gasteiger partial charge in [0.15, 0.2) is 0 Å². The molecule has 286 valence electrons. The maximum atomic E-state index is 13.5. The summed E-state index contributed by atoms with van der Waals surface area (Å²) in [6, 6.07) is 22.4. The highest BCUT2D eigenvalue weighted by atomic mass is 19.4. The van der Waals surface area contributed by atoms with E-state index < -0.39 is 36.5 Å². The molecule has 0 bridgehead atoms. The van der Waals surface area contributed by atoms with E-state index in [1.807, 2.05) is 55.5 Å². The summed E-state index contributed by atoms with van der Waals surface area (Å²) < 4.78 is 131. The molecule has 0 N–H and O–H groups in total. The van der Waals surface area contributed by atoms with Crippen molar-refractivity contribution in [3.05, 3.63) is 78.4 Å². The zero-order valence-electron chi connectivity index (χ0n) is 28.7. The van der Waals surface area contributed by atoms with Crippen LogP contribution in [0.1, 0.15) is 82.0 Å². The number of ether oxygens (including phenoxy) is 3. The van der Waals surface area contributed by atoms with Crippen molar-refractivity contribution in [1.29, 1.82) is 0 Å². The molecule has 0 saturated heterocycles. The van der Waals surface area contributed by atoms with Crippen LogP contribution in [0.2, 0.25) is 0 Å². The molecule has 52 heavy (non-hydrogen) atoms. The molecule has 0 aliphatic heterocycles. The van der Waals surface area contributed by atoms with Gasteiger partial charge in [-0.1, -0.05) is 74.7 Å². The van der Waals surface area contributed by atoms with Crippen LogP contribution in [-0.2, 0) is 14.3 Å². The van der Waals surface area contributed by atoms with Crippen LogP contribution in [0, 0.1) is 0 Å². The number of esters is 2. The first-order chi connectivity index (χ1) is 24.4. The predicted octanol–water partition coefficient (Wildman–Crippen LogP) is 11.5. The molecular formula is C38H41F9O5. The Balaban J connectivity index is 1.38. The first-order valence-corrected chi connectivity index (χ1v) is 16.9. The molecule has 3 aromatic carbocycles. The van der Waals surface area contributed by atoms with Gasteiger partial charge in [-0.3, -0.25) is 0 Å². The fourth-order valence-corrected chi connectivity index (χ4v) is 5.07. The fraction of sp³-hybridized carbons (Fsp3) is 0.474. The molecule has 0 heterocycles. The van der Waals surface area contributed by atoms with Gasteiger partial charge in [-0.2, -0.15) is 39.5 Å². The summed E-state index contributed by atoms with van der Waals surface area (Å²) in [7, 11) is 0. The van der Waals surface area contributed by atoms with Gasteiger partial charge in [0, 0.05) is 0 Å². The van der Waals surface area contributed by atoms with Gasteiger partial charge in [-0.15, -0.1) is 0 Å². The number of carbonyl (C=O) groups is 2. The smallest absolute Gasteiger partial charge is 0.460 e. The quantitative estimate of drug-likeness (QED) is 0.0654. The van der Waals surface area contributed by atoms with Crippen molar-refractivity contribution in [1.82, 2.24) is 0 Å². The van der Waals surface area contributed by atoms with Crippen molar-refractivity contribution in [3.8, 4) is 28.0 Å². The molecule has 0 aromatic heterocycles. The zero-order chi connectivity index (χ0) is 38.6.